The predicted molar refractivity (Wildman–Crippen MR) is 149 cm³/mol. The van der Waals surface area contributed by atoms with Gasteiger partial charge in [0.1, 0.15) is 47.6 Å². The first-order chi connectivity index (χ1) is 20.0. The number of imidazole rings is 1. The smallest absolute Gasteiger partial charge is 0.433 e. The second-order valence-electron chi connectivity index (χ2n) is 9.64. The number of nitrogens with one attached hydrogen (secondary N) is 1. The fourth-order valence-electron chi connectivity index (χ4n) is 4.31. The number of amides is 1. The van der Waals surface area contributed by atoms with Crippen molar-refractivity contribution in [3.05, 3.63) is 95.8 Å². The maximum atomic E-state index is 13.1. The maximum absolute atomic E-state index is 13.1. The van der Waals surface area contributed by atoms with Gasteiger partial charge in [-0.05, 0) is 48.0 Å². The number of carbonyl (C=O) groups excluding carboxylic acids is 1. The molecule has 42 heavy (non-hydrogen) atoms. The lowest BCUT2D eigenvalue weighted by Crippen LogP contribution is -2.38. The van der Waals surface area contributed by atoms with Gasteiger partial charge in [-0.1, -0.05) is 30.3 Å². The van der Waals surface area contributed by atoms with Crippen LogP contribution in [-0.4, -0.2) is 57.6 Å². The number of nitrogens with two attached hydrogens (primary N) is 1. The molecular weight excluding hydrogens is 553 g/mol. The Morgan fingerprint density at radius 3 is 2.38 bits per heavy atom. The average molecular weight is 585 g/mol. The van der Waals surface area contributed by atoms with Gasteiger partial charge in [0, 0.05) is 32.1 Å². The molecular formula is C30H31F3N4O5. The molecule has 5 N–H and O–H groups in total. The highest BCUT2D eigenvalue weighted by atomic mass is 19.4. The maximum Gasteiger partial charge on any atom is 0.433 e. The van der Waals surface area contributed by atoms with Crippen LogP contribution in [0.1, 0.15) is 21.6 Å². The molecule has 2 unspecified atom stereocenters. The Balaban J connectivity index is 1.30. The number of hydrogen-bond acceptors (Lipinski definition) is 7. The zero-order chi connectivity index (χ0) is 30.3. The summed E-state index contributed by atoms with van der Waals surface area (Å²) in [6.07, 6.45) is -4.44. The molecule has 0 saturated heterocycles. The van der Waals surface area contributed by atoms with Gasteiger partial charge in [-0.25, -0.2) is 4.98 Å². The van der Waals surface area contributed by atoms with Crippen molar-refractivity contribution >= 4 is 5.91 Å². The molecule has 0 aliphatic rings. The molecule has 4 rings (SSSR count). The van der Waals surface area contributed by atoms with E-state index in [-0.39, 0.29) is 36.4 Å². The van der Waals surface area contributed by atoms with Crippen molar-refractivity contribution in [3.8, 4) is 28.6 Å². The van der Waals surface area contributed by atoms with Crippen molar-refractivity contribution in [1.82, 2.24) is 14.9 Å². The Bertz CT molecular complexity index is 1480. The number of alkyl halides is 3. The number of nitrogens with zero attached hydrogens (tertiary/aromatic N) is 2. The number of halogens is 3. The summed E-state index contributed by atoms with van der Waals surface area (Å²) in [6, 6.07) is 20.3. The molecule has 0 aliphatic carbocycles. The van der Waals surface area contributed by atoms with Crippen molar-refractivity contribution in [2.24, 2.45) is 12.8 Å². The fourth-order valence-corrected chi connectivity index (χ4v) is 4.31. The van der Waals surface area contributed by atoms with E-state index in [1.165, 1.54) is 25.2 Å². The molecule has 3 aromatic carbocycles. The van der Waals surface area contributed by atoms with Gasteiger partial charge >= 0.3 is 6.18 Å². The summed E-state index contributed by atoms with van der Waals surface area (Å²) in [7, 11) is 1.30. The van der Waals surface area contributed by atoms with E-state index in [0.29, 0.717) is 30.0 Å². The zero-order valence-corrected chi connectivity index (χ0v) is 22.7. The Labute approximate surface area is 240 Å². The standard InChI is InChI=1S/C30H31F3N4O5/c1-37-27(30(31,32)33)17-36-29(37)20-7-9-22(10-8-20)41-18-21(38)15-35-16-24(13-19-5-3-2-4-6-19)42-23-11-12-26(39)25(14-23)28(34)40/h2-12,14,17,21,24,35,38-39H,13,15-16,18H2,1H3,(H2,34,40). The summed E-state index contributed by atoms with van der Waals surface area (Å²) in [5.41, 5.74) is 5.94. The van der Waals surface area contributed by atoms with E-state index in [0.717, 1.165) is 16.3 Å². The van der Waals surface area contributed by atoms with Crippen LogP contribution in [0.5, 0.6) is 17.2 Å². The molecule has 12 heteroatoms. The van der Waals surface area contributed by atoms with Crippen LogP contribution in [-0.2, 0) is 19.6 Å². The minimum Gasteiger partial charge on any atom is -0.507 e. The highest BCUT2D eigenvalue weighted by molar-refractivity contribution is 5.95. The van der Waals surface area contributed by atoms with Crippen molar-refractivity contribution in [1.29, 1.82) is 0 Å². The third-order valence-electron chi connectivity index (χ3n) is 6.43. The topological polar surface area (TPSA) is 132 Å². The summed E-state index contributed by atoms with van der Waals surface area (Å²) in [5.74, 6) is -0.0513. The number of hydrogen-bond donors (Lipinski definition) is 4. The van der Waals surface area contributed by atoms with Gasteiger partial charge < -0.3 is 35.3 Å². The van der Waals surface area contributed by atoms with Crippen molar-refractivity contribution in [2.45, 2.75) is 24.8 Å². The molecule has 1 aromatic heterocycles. The molecule has 0 spiro atoms. The van der Waals surface area contributed by atoms with Crippen LogP contribution < -0.4 is 20.5 Å². The highest BCUT2D eigenvalue weighted by Gasteiger charge is 2.35. The number of aromatic hydroxyl groups is 1. The minimum atomic E-state index is -4.50. The monoisotopic (exact) mass is 584 g/mol. The van der Waals surface area contributed by atoms with Crippen LogP contribution in [0.3, 0.4) is 0 Å². The van der Waals surface area contributed by atoms with E-state index in [1.807, 2.05) is 30.3 Å². The molecule has 0 radical (unpaired) electrons. The van der Waals surface area contributed by atoms with Crippen LogP contribution in [0.2, 0.25) is 0 Å². The van der Waals surface area contributed by atoms with Crippen molar-refractivity contribution in [3.63, 3.8) is 0 Å². The Morgan fingerprint density at radius 1 is 1.05 bits per heavy atom. The van der Waals surface area contributed by atoms with Gasteiger partial charge in [-0.15, -0.1) is 0 Å². The van der Waals surface area contributed by atoms with Crippen LogP contribution in [0.25, 0.3) is 11.4 Å². The van der Waals surface area contributed by atoms with Crippen molar-refractivity contribution in [2.75, 3.05) is 19.7 Å². The van der Waals surface area contributed by atoms with E-state index >= 15 is 0 Å². The van der Waals surface area contributed by atoms with Gasteiger partial charge in [0.15, 0.2) is 0 Å². The number of aliphatic hydroxyl groups is 1. The quantitative estimate of drug-likeness (QED) is 0.187. The number of primary amides is 1. The normalized spacial score (nSPS) is 13.0. The third kappa shape index (κ3) is 8.02. The lowest BCUT2D eigenvalue weighted by molar-refractivity contribution is -0.143. The molecule has 222 valence electrons. The predicted octanol–water partition coefficient (Wildman–Crippen LogP) is 3.93. The lowest BCUT2D eigenvalue weighted by atomic mass is 10.1. The first-order valence-electron chi connectivity index (χ1n) is 13.1. The van der Waals surface area contributed by atoms with Crippen LogP contribution in [0, 0.1) is 0 Å². The van der Waals surface area contributed by atoms with Gasteiger partial charge in [0.05, 0.1) is 11.8 Å². The number of benzene rings is 3. The SMILES string of the molecule is Cn1c(C(F)(F)F)cnc1-c1ccc(OCC(O)CNCC(Cc2ccccc2)Oc2ccc(O)c(C(N)=O)c2)cc1. The number of aliphatic hydroxyl groups excluding tert-OH is 1. The summed E-state index contributed by atoms with van der Waals surface area (Å²) in [4.78, 5) is 15.5. The largest absolute Gasteiger partial charge is 0.507 e. The summed E-state index contributed by atoms with van der Waals surface area (Å²) >= 11 is 0. The highest BCUT2D eigenvalue weighted by Crippen LogP contribution is 2.32. The third-order valence-corrected chi connectivity index (χ3v) is 6.43. The van der Waals surface area contributed by atoms with Crippen LogP contribution in [0.4, 0.5) is 13.2 Å². The summed E-state index contributed by atoms with van der Waals surface area (Å²) < 4.78 is 51.9. The first-order valence-corrected chi connectivity index (χ1v) is 13.1. The van der Waals surface area contributed by atoms with E-state index in [2.05, 4.69) is 10.3 Å². The van der Waals surface area contributed by atoms with Gasteiger partial charge in [0.25, 0.3) is 5.91 Å². The molecule has 0 fully saturated rings. The molecule has 9 nitrogen and oxygen atoms in total. The molecule has 0 saturated carbocycles. The second-order valence-corrected chi connectivity index (χ2v) is 9.64. The van der Waals surface area contributed by atoms with Gasteiger partial charge in [0.2, 0.25) is 0 Å². The van der Waals surface area contributed by atoms with E-state index in [4.69, 9.17) is 15.2 Å². The number of aromatic nitrogens is 2. The second kappa shape index (κ2) is 13.4. The zero-order valence-electron chi connectivity index (χ0n) is 22.7. The molecule has 1 amide bonds. The number of phenols is 1. The molecule has 0 aliphatic heterocycles. The summed E-state index contributed by atoms with van der Waals surface area (Å²) in [5, 5.41) is 23.5. The number of rotatable bonds is 13. The molecule has 2 atom stereocenters. The minimum absolute atomic E-state index is 0.0306. The van der Waals surface area contributed by atoms with Crippen molar-refractivity contribution < 1.29 is 37.7 Å². The molecule has 0 bridgehead atoms. The van der Waals surface area contributed by atoms with Crippen LogP contribution in [0.15, 0.2) is 79.0 Å². The number of carbonyl (C=O) groups is 1. The fraction of sp³-hybridized carbons (Fsp3) is 0.267. The first kappa shape index (κ1) is 30.4. The molecule has 4 aromatic rings. The Morgan fingerprint density at radius 2 is 1.74 bits per heavy atom. The summed E-state index contributed by atoms with van der Waals surface area (Å²) in [6.45, 7) is 0.496. The lowest BCUT2D eigenvalue weighted by Gasteiger charge is -2.21. The average Bonchev–Trinajstić information content (AvgIpc) is 3.35. The Hall–Kier alpha value is -4.55. The Kier molecular flexibility index (Phi) is 9.71. The van der Waals surface area contributed by atoms with E-state index < -0.39 is 23.9 Å². The van der Waals surface area contributed by atoms with E-state index in [9.17, 15) is 28.2 Å². The van der Waals surface area contributed by atoms with Gasteiger partial charge in [-0.3, -0.25) is 4.79 Å². The van der Waals surface area contributed by atoms with Gasteiger partial charge in [-0.2, -0.15) is 13.2 Å². The molecule has 1 heterocycles. The van der Waals surface area contributed by atoms with Crippen LogP contribution >= 0.6 is 0 Å². The van der Waals surface area contributed by atoms with E-state index in [1.54, 1.807) is 24.3 Å². The number of ether oxygens (including phenoxy) is 2.